The lowest BCUT2D eigenvalue weighted by molar-refractivity contribution is 0.0946. The highest BCUT2D eigenvalue weighted by Crippen LogP contribution is 2.16. The first kappa shape index (κ1) is 15.9. The lowest BCUT2D eigenvalue weighted by Crippen LogP contribution is -2.44. The van der Waals surface area contributed by atoms with Gasteiger partial charge in [-0.1, -0.05) is 18.2 Å². The second-order valence-corrected chi connectivity index (χ2v) is 4.21. The molecule has 23 heavy (non-hydrogen) atoms. The van der Waals surface area contributed by atoms with Crippen LogP contribution in [0.1, 0.15) is 10.4 Å². The first-order valence-electron chi connectivity index (χ1n) is 6.08. The van der Waals surface area contributed by atoms with Crippen molar-refractivity contribution in [1.82, 2.24) is 14.8 Å². The molecule has 0 aliphatic rings. The average molecular weight is 319 g/mol. The number of nitrogens with zero attached hydrogens (tertiary/aromatic N) is 5. The quantitative estimate of drug-likeness (QED) is 0.299. The number of nitrogens with two attached hydrogens (primary N) is 4. The Kier molecular flexibility index (Phi) is 4.20. The van der Waals surface area contributed by atoms with Gasteiger partial charge in [-0.2, -0.15) is 19.7 Å². The van der Waals surface area contributed by atoms with Crippen molar-refractivity contribution in [1.29, 1.82) is 0 Å². The van der Waals surface area contributed by atoms with Gasteiger partial charge < -0.3 is 11.5 Å². The molecule has 2 rings (SSSR count). The predicted octanol–water partition coefficient (Wildman–Crippen LogP) is -1.52. The minimum Gasteiger partial charge on any atom is -0.350 e. The van der Waals surface area contributed by atoms with E-state index in [2.05, 4.69) is 10.1 Å². The van der Waals surface area contributed by atoms with Crippen molar-refractivity contribution >= 4 is 29.9 Å². The molecule has 1 heterocycles. The zero-order chi connectivity index (χ0) is 17.1. The third-order valence-electron chi connectivity index (χ3n) is 2.70. The van der Waals surface area contributed by atoms with E-state index in [0.29, 0.717) is 14.7 Å². The number of urea groups is 2. The molecule has 8 N–H and O–H groups in total. The van der Waals surface area contributed by atoms with Gasteiger partial charge >= 0.3 is 12.1 Å². The number of primary amides is 2. The molecule has 1 aromatic heterocycles. The van der Waals surface area contributed by atoms with Crippen LogP contribution >= 0.6 is 0 Å². The summed E-state index contributed by atoms with van der Waals surface area (Å²) in [5.74, 6) is 9.28. The normalized spacial score (nSPS) is 10.2. The molecule has 4 amide bonds. The van der Waals surface area contributed by atoms with Gasteiger partial charge in [-0.15, -0.1) is 5.10 Å². The summed E-state index contributed by atoms with van der Waals surface area (Å²) in [6.45, 7) is 0. The van der Waals surface area contributed by atoms with Crippen LogP contribution in [-0.4, -0.2) is 32.7 Å². The molecule has 0 aliphatic heterocycles. The molecule has 0 fully saturated rings. The number of carbonyl (C=O) groups is 3. The lowest BCUT2D eigenvalue weighted by Gasteiger charge is -2.12. The SMILES string of the molecule is NC(=O)N(N)c1nc(N(N)C(N)=O)n(C(=O)c2ccccc2)n1. The Hall–Kier alpha value is -3.51. The van der Waals surface area contributed by atoms with Crippen molar-refractivity contribution in [3.63, 3.8) is 0 Å². The Labute approximate surface area is 129 Å². The van der Waals surface area contributed by atoms with Crippen LogP contribution in [0.3, 0.4) is 0 Å². The van der Waals surface area contributed by atoms with E-state index in [0.717, 1.165) is 0 Å². The first-order valence-corrected chi connectivity index (χ1v) is 6.08. The third-order valence-corrected chi connectivity index (χ3v) is 2.70. The molecule has 12 heteroatoms. The van der Waals surface area contributed by atoms with Crippen molar-refractivity contribution in [3.8, 4) is 0 Å². The van der Waals surface area contributed by atoms with Gasteiger partial charge in [-0.25, -0.2) is 21.3 Å². The van der Waals surface area contributed by atoms with Crippen LogP contribution in [0.4, 0.5) is 21.5 Å². The molecule has 0 aliphatic carbocycles. The van der Waals surface area contributed by atoms with Crippen molar-refractivity contribution in [2.45, 2.75) is 0 Å². The van der Waals surface area contributed by atoms with Crippen LogP contribution < -0.4 is 33.2 Å². The predicted molar refractivity (Wildman–Crippen MR) is 78.7 cm³/mol. The number of hydrazine groups is 2. The molecule has 0 unspecified atom stereocenters. The van der Waals surface area contributed by atoms with E-state index in [4.69, 9.17) is 23.2 Å². The standard InChI is InChI=1S/C11H13N9O3/c12-8(22)18(14)10-16-11(19(15)9(13)23)20(17-10)7(21)6-4-2-1-3-5-6/h1-5H,14-15H2,(H2,12,22)(H2,13,23). The van der Waals surface area contributed by atoms with E-state index < -0.39 is 29.9 Å². The number of anilines is 2. The van der Waals surface area contributed by atoms with Crippen LogP contribution in [-0.2, 0) is 0 Å². The van der Waals surface area contributed by atoms with E-state index in [1.807, 2.05) is 0 Å². The molecule has 12 nitrogen and oxygen atoms in total. The van der Waals surface area contributed by atoms with Crippen LogP contribution in [0.25, 0.3) is 0 Å². The van der Waals surface area contributed by atoms with E-state index in [1.165, 1.54) is 12.1 Å². The van der Waals surface area contributed by atoms with E-state index >= 15 is 0 Å². The molecule has 2 aromatic rings. The number of benzene rings is 1. The van der Waals surface area contributed by atoms with E-state index in [1.54, 1.807) is 18.2 Å². The zero-order valence-corrected chi connectivity index (χ0v) is 11.7. The van der Waals surface area contributed by atoms with Crippen molar-refractivity contribution in [3.05, 3.63) is 35.9 Å². The van der Waals surface area contributed by atoms with Crippen LogP contribution in [0, 0.1) is 0 Å². The summed E-state index contributed by atoms with van der Waals surface area (Å²) < 4.78 is 0.679. The van der Waals surface area contributed by atoms with Gasteiger partial charge in [0.1, 0.15) is 0 Å². The molecule has 0 saturated heterocycles. The third kappa shape index (κ3) is 3.07. The fourth-order valence-corrected chi connectivity index (χ4v) is 1.59. The van der Waals surface area contributed by atoms with Crippen LogP contribution in [0.15, 0.2) is 30.3 Å². The molecule has 0 spiro atoms. The number of hydrogen-bond donors (Lipinski definition) is 4. The van der Waals surface area contributed by atoms with Crippen LogP contribution in [0.2, 0.25) is 0 Å². The molecule has 1 aromatic carbocycles. The monoisotopic (exact) mass is 319 g/mol. The molecule has 0 atom stereocenters. The average Bonchev–Trinajstić information content (AvgIpc) is 2.98. The highest BCUT2D eigenvalue weighted by atomic mass is 16.2. The maximum absolute atomic E-state index is 12.5. The number of rotatable bonds is 3. The maximum atomic E-state index is 12.5. The first-order chi connectivity index (χ1) is 10.8. The largest absolute Gasteiger partial charge is 0.350 e. The highest BCUT2D eigenvalue weighted by molar-refractivity contribution is 5.99. The molecule has 0 saturated carbocycles. The van der Waals surface area contributed by atoms with Gasteiger partial charge in [-0.05, 0) is 12.1 Å². The second kappa shape index (κ2) is 6.08. The van der Waals surface area contributed by atoms with Gasteiger partial charge in [0, 0.05) is 5.56 Å². The summed E-state index contributed by atoms with van der Waals surface area (Å²) >= 11 is 0. The molecule has 0 bridgehead atoms. The van der Waals surface area contributed by atoms with E-state index in [9.17, 15) is 14.4 Å². The summed E-state index contributed by atoms with van der Waals surface area (Å²) in [4.78, 5) is 38.5. The Bertz CT molecular complexity index is 757. The number of aromatic nitrogens is 3. The summed E-state index contributed by atoms with van der Waals surface area (Å²) in [6.07, 6.45) is 0. The minimum atomic E-state index is -1.10. The Morgan fingerprint density at radius 3 is 2.04 bits per heavy atom. The zero-order valence-electron chi connectivity index (χ0n) is 11.7. The molecular weight excluding hydrogens is 306 g/mol. The Balaban J connectivity index is 2.54. The number of carbonyl (C=O) groups excluding carboxylic acids is 3. The molecule has 120 valence electrons. The summed E-state index contributed by atoms with van der Waals surface area (Å²) in [5.41, 5.74) is 10.3. The van der Waals surface area contributed by atoms with Gasteiger partial charge in [0.2, 0.25) is 0 Å². The topological polar surface area (TPSA) is 192 Å². The minimum absolute atomic E-state index is 0.228. The second-order valence-electron chi connectivity index (χ2n) is 4.21. The van der Waals surface area contributed by atoms with Gasteiger partial charge in [0.05, 0.1) is 0 Å². The van der Waals surface area contributed by atoms with Crippen molar-refractivity contribution in [2.75, 3.05) is 10.0 Å². The lowest BCUT2D eigenvalue weighted by atomic mass is 10.2. The summed E-state index contributed by atoms with van der Waals surface area (Å²) in [5, 5.41) is 4.50. The number of amides is 4. The Morgan fingerprint density at radius 1 is 0.957 bits per heavy atom. The maximum Gasteiger partial charge on any atom is 0.336 e. The summed E-state index contributed by atoms with van der Waals surface area (Å²) in [7, 11) is 0. The van der Waals surface area contributed by atoms with Gasteiger partial charge in [-0.3, -0.25) is 4.79 Å². The molecular formula is C11H13N9O3. The smallest absolute Gasteiger partial charge is 0.336 e. The van der Waals surface area contributed by atoms with E-state index in [-0.39, 0.29) is 5.56 Å². The summed E-state index contributed by atoms with van der Waals surface area (Å²) in [6, 6.07) is 5.78. The van der Waals surface area contributed by atoms with Crippen molar-refractivity contribution in [2.24, 2.45) is 23.2 Å². The van der Waals surface area contributed by atoms with Crippen LogP contribution in [0.5, 0.6) is 0 Å². The van der Waals surface area contributed by atoms with Gasteiger partial charge in [0.25, 0.3) is 17.8 Å². The fourth-order valence-electron chi connectivity index (χ4n) is 1.59. The Morgan fingerprint density at radius 2 is 1.52 bits per heavy atom. The number of hydrogen-bond acceptors (Lipinski definition) is 7. The highest BCUT2D eigenvalue weighted by Gasteiger charge is 2.26. The molecule has 0 radical (unpaired) electrons. The van der Waals surface area contributed by atoms with Crippen molar-refractivity contribution < 1.29 is 14.4 Å². The fraction of sp³-hybridized carbons (Fsp3) is 0. The van der Waals surface area contributed by atoms with Gasteiger partial charge in [0.15, 0.2) is 0 Å².